The van der Waals surface area contributed by atoms with E-state index in [9.17, 15) is 8.42 Å². The topological polar surface area (TPSA) is 85.1 Å². The monoisotopic (exact) mass is 375 g/mol. The molecule has 2 aromatic rings. The third-order valence-electron chi connectivity index (χ3n) is 2.81. The van der Waals surface area contributed by atoms with Gasteiger partial charge in [-0.25, -0.2) is 18.1 Å². The maximum Gasteiger partial charge on any atom is 0.241 e. The van der Waals surface area contributed by atoms with E-state index in [-0.39, 0.29) is 18.0 Å². The minimum Gasteiger partial charge on any atom is -0.326 e. The van der Waals surface area contributed by atoms with Crippen LogP contribution in [0.5, 0.6) is 0 Å². The second-order valence-electron chi connectivity index (χ2n) is 4.21. The predicted octanol–water partition coefficient (Wildman–Crippen LogP) is 2.15. The zero-order valence-electron chi connectivity index (χ0n) is 10.8. The first-order valence-corrected chi connectivity index (χ1v) is 9.02. The number of halogens is 1. The number of thiazole rings is 1. The number of sulfonamides is 1. The van der Waals surface area contributed by atoms with Gasteiger partial charge in [0.15, 0.2) is 0 Å². The highest BCUT2D eigenvalue weighted by atomic mass is 79.9. The second-order valence-corrected chi connectivity index (χ2v) is 7.52. The molecule has 0 saturated carbocycles. The van der Waals surface area contributed by atoms with Gasteiger partial charge in [0.2, 0.25) is 10.0 Å². The summed E-state index contributed by atoms with van der Waals surface area (Å²) in [4.78, 5) is 4.29. The SMILES string of the molecule is Cc1c(Br)cc(CN)cc1S(=O)(=O)NCc1cscn1. The lowest BCUT2D eigenvalue weighted by molar-refractivity contribution is 0.579. The first-order chi connectivity index (χ1) is 9.44. The van der Waals surface area contributed by atoms with E-state index in [1.165, 1.54) is 11.3 Å². The van der Waals surface area contributed by atoms with Crippen molar-refractivity contribution in [3.05, 3.63) is 44.3 Å². The van der Waals surface area contributed by atoms with E-state index >= 15 is 0 Å². The molecule has 1 heterocycles. The van der Waals surface area contributed by atoms with Crippen LogP contribution in [0.25, 0.3) is 0 Å². The minimum atomic E-state index is -3.59. The Morgan fingerprint density at radius 1 is 1.45 bits per heavy atom. The normalized spacial score (nSPS) is 11.8. The molecule has 0 aliphatic carbocycles. The Balaban J connectivity index is 2.31. The maximum absolute atomic E-state index is 12.4. The molecule has 0 amide bonds. The third-order valence-corrected chi connectivity index (χ3v) is 5.79. The largest absolute Gasteiger partial charge is 0.326 e. The van der Waals surface area contributed by atoms with Crippen molar-refractivity contribution in [2.24, 2.45) is 5.73 Å². The lowest BCUT2D eigenvalue weighted by atomic mass is 10.1. The molecule has 0 atom stereocenters. The number of hydrogen-bond donors (Lipinski definition) is 2. The van der Waals surface area contributed by atoms with Crippen molar-refractivity contribution in [1.29, 1.82) is 0 Å². The highest BCUT2D eigenvalue weighted by Crippen LogP contribution is 2.25. The summed E-state index contributed by atoms with van der Waals surface area (Å²) in [6, 6.07) is 3.43. The Bertz CT molecular complexity index is 700. The molecule has 1 aromatic carbocycles. The molecule has 1 aromatic heterocycles. The zero-order valence-corrected chi connectivity index (χ0v) is 14.0. The maximum atomic E-state index is 12.4. The summed E-state index contributed by atoms with van der Waals surface area (Å²) < 4.78 is 28.0. The first kappa shape index (κ1) is 15.6. The number of benzene rings is 1. The Morgan fingerprint density at radius 3 is 2.80 bits per heavy atom. The zero-order chi connectivity index (χ0) is 14.8. The fourth-order valence-electron chi connectivity index (χ4n) is 1.68. The van der Waals surface area contributed by atoms with E-state index in [0.717, 1.165) is 10.0 Å². The van der Waals surface area contributed by atoms with Crippen LogP contribution in [-0.4, -0.2) is 13.4 Å². The van der Waals surface area contributed by atoms with E-state index in [1.54, 1.807) is 18.5 Å². The van der Waals surface area contributed by atoms with Gasteiger partial charge in [0.05, 0.1) is 22.6 Å². The average molecular weight is 376 g/mol. The Morgan fingerprint density at radius 2 is 2.20 bits per heavy atom. The molecule has 3 N–H and O–H groups in total. The highest BCUT2D eigenvalue weighted by Gasteiger charge is 2.19. The number of nitrogens with zero attached hydrogens (tertiary/aromatic N) is 1. The van der Waals surface area contributed by atoms with Crippen LogP contribution < -0.4 is 10.5 Å². The summed E-state index contributed by atoms with van der Waals surface area (Å²) in [7, 11) is -3.59. The van der Waals surface area contributed by atoms with Crippen LogP contribution in [0.15, 0.2) is 32.4 Å². The Hall–Kier alpha value is -0.800. The number of hydrogen-bond acceptors (Lipinski definition) is 5. The van der Waals surface area contributed by atoms with E-state index < -0.39 is 10.0 Å². The Labute approximate surface area is 130 Å². The lowest BCUT2D eigenvalue weighted by Crippen LogP contribution is -2.24. The summed E-state index contributed by atoms with van der Waals surface area (Å²) in [5.74, 6) is 0. The predicted molar refractivity (Wildman–Crippen MR) is 82.9 cm³/mol. The van der Waals surface area contributed by atoms with Crippen LogP contribution in [0.4, 0.5) is 0 Å². The molecule has 0 fully saturated rings. The molecule has 0 aliphatic heterocycles. The standard InChI is InChI=1S/C12H14BrN3O2S2/c1-8-11(13)2-9(4-14)3-12(8)20(17,18)16-5-10-6-19-7-15-10/h2-3,6-7,16H,4-5,14H2,1H3. The van der Waals surface area contributed by atoms with E-state index in [4.69, 9.17) is 5.73 Å². The molecule has 108 valence electrons. The van der Waals surface area contributed by atoms with Crippen LogP contribution in [-0.2, 0) is 23.1 Å². The highest BCUT2D eigenvalue weighted by molar-refractivity contribution is 9.10. The molecule has 0 saturated heterocycles. The molecular formula is C12H14BrN3O2S2. The van der Waals surface area contributed by atoms with E-state index in [1.807, 2.05) is 11.4 Å². The van der Waals surface area contributed by atoms with Crippen LogP contribution in [0, 0.1) is 6.92 Å². The van der Waals surface area contributed by atoms with Crippen LogP contribution in [0.1, 0.15) is 16.8 Å². The summed E-state index contributed by atoms with van der Waals surface area (Å²) in [6.45, 7) is 2.21. The molecule has 8 heteroatoms. The Kier molecular flexibility index (Phi) is 4.92. The lowest BCUT2D eigenvalue weighted by Gasteiger charge is -2.12. The summed E-state index contributed by atoms with van der Waals surface area (Å²) in [5, 5.41) is 1.81. The van der Waals surface area contributed by atoms with Crippen molar-refractivity contribution >= 4 is 37.3 Å². The van der Waals surface area contributed by atoms with Crippen LogP contribution in [0.3, 0.4) is 0 Å². The molecule has 5 nitrogen and oxygen atoms in total. The molecule has 2 rings (SSSR count). The molecule has 0 aliphatic rings. The van der Waals surface area contributed by atoms with Gasteiger partial charge in [0, 0.05) is 16.4 Å². The van der Waals surface area contributed by atoms with Gasteiger partial charge in [-0.2, -0.15) is 0 Å². The number of rotatable bonds is 5. The van der Waals surface area contributed by atoms with Gasteiger partial charge in [-0.15, -0.1) is 11.3 Å². The number of nitrogens with one attached hydrogen (secondary N) is 1. The minimum absolute atomic E-state index is 0.176. The molecule has 0 unspecified atom stereocenters. The molecular weight excluding hydrogens is 362 g/mol. The van der Waals surface area contributed by atoms with Gasteiger partial charge < -0.3 is 5.73 Å². The fourth-order valence-corrected chi connectivity index (χ4v) is 4.19. The van der Waals surface area contributed by atoms with E-state index in [2.05, 4.69) is 25.6 Å². The molecule has 0 spiro atoms. The van der Waals surface area contributed by atoms with Gasteiger partial charge in [-0.05, 0) is 30.2 Å². The first-order valence-electron chi connectivity index (χ1n) is 5.80. The van der Waals surface area contributed by atoms with Crippen LogP contribution >= 0.6 is 27.3 Å². The van der Waals surface area contributed by atoms with Crippen molar-refractivity contribution in [3.8, 4) is 0 Å². The fraction of sp³-hybridized carbons (Fsp3) is 0.250. The smallest absolute Gasteiger partial charge is 0.241 e. The van der Waals surface area contributed by atoms with Gasteiger partial charge >= 0.3 is 0 Å². The molecule has 20 heavy (non-hydrogen) atoms. The summed E-state index contributed by atoms with van der Waals surface area (Å²) >= 11 is 4.79. The van der Waals surface area contributed by atoms with Gasteiger partial charge in [-0.1, -0.05) is 15.9 Å². The quantitative estimate of drug-likeness (QED) is 0.838. The molecule has 0 radical (unpaired) electrons. The number of nitrogens with two attached hydrogens (primary N) is 1. The van der Waals surface area contributed by atoms with Crippen molar-refractivity contribution in [3.63, 3.8) is 0 Å². The third kappa shape index (κ3) is 3.44. The van der Waals surface area contributed by atoms with Gasteiger partial charge in [-0.3, -0.25) is 0 Å². The van der Waals surface area contributed by atoms with Crippen molar-refractivity contribution in [1.82, 2.24) is 9.71 Å². The van der Waals surface area contributed by atoms with Crippen molar-refractivity contribution < 1.29 is 8.42 Å². The van der Waals surface area contributed by atoms with Crippen LogP contribution in [0.2, 0.25) is 0 Å². The van der Waals surface area contributed by atoms with Gasteiger partial charge in [0.25, 0.3) is 0 Å². The van der Waals surface area contributed by atoms with Crippen molar-refractivity contribution in [2.45, 2.75) is 24.9 Å². The summed E-state index contributed by atoms with van der Waals surface area (Å²) in [6.07, 6.45) is 0. The summed E-state index contributed by atoms with van der Waals surface area (Å²) in [5.41, 5.74) is 9.37. The molecule has 0 bridgehead atoms. The average Bonchev–Trinajstić information content (AvgIpc) is 2.92. The van der Waals surface area contributed by atoms with Crippen molar-refractivity contribution in [2.75, 3.05) is 0 Å². The number of aromatic nitrogens is 1. The van der Waals surface area contributed by atoms with Gasteiger partial charge in [0.1, 0.15) is 0 Å². The second kappa shape index (κ2) is 6.31. The van der Waals surface area contributed by atoms with E-state index in [0.29, 0.717) is 11.3 Å².